The first kappa shape index (κ1) is 16.0. The summed E-state index contributed by atoms with van der Waals surface area (Å²) in [5.41, 5.74) is 0.962. The predicted octanol–water partition coefficient (Wildman–Crippen LogP) is 3.99. The topological polar surface area (TPSA) is 46.2 Å². The van der Waals surface area contributed by atoms with Crippen LogP contribution in [-0.2, 0) is 16.4 Å². The summed E-state index contributed by atoms with van der Waals surface area (Å²) in [6, 6.07) is 11.4. The number of hydrogen-bond donors (Lipinski definition) is 1. The van der Waals surface area contributed by atoms with Crippen LogP contribution in [0.4, 0.5) is 10.1 Å². The van der Waals surface area contributed by atoms with Crippen molar-refractivity contribution in [1.82, 2.24) is 0 Å². The van der Waals surface area contributed by atoms with Crippen molar-refractivity contribution in [2.45, 2.75) is 18.4 Å². The highest BCUT2D eigenvalue weighted by Crippen LogP contribution is 2.23. The van der Waals surface area contributed by atoms with E-state index in [1.54, 1.807) is 43.3 Å². The molecule has 0 spiro atoms. The summed E-state index contributed by atoms with van der Waals surface area (Å²) in [6.45, 7) is 1.82. The van der Waals surface area contributed by atoms with Crippen molar-refractivity contribution in [3.63, 3.8) is 0 Å². The number of nitrogens with one attached hydrogen (secondary N) is 1. The smallest absolute Gasteiger partial charge is 0.180 e. The molecule has 2 aromatic rings. The van der Waals surface area contributed by atoms with Crippen LogP contribution in [0.3, 0.4) is 0 Å². The highest BCUT2D eigenvalue weighted by atomic mass is 79.9. The zero-order valence-electron chi connectivity index (χ0n) is 11.4. The third-order valence-electron chi connectivity index (χ3n) is 3.09. The maximum atomic E-state index is 13.8. The Kier molecular flexibility index (Phi) is 5.00. The van der Waals surface area contributed by atoms with E-state index >= 15 is 0 Å². The molecule has 0 aromatic heterocycles. The fourth-order valence-corrected chi connectivity index (χ4v) is 3.30. The second-order valence-electron chi connectivity index (χ2n) is 4.49. The van der Waals surface area contributed by atoms with E-state index in [-0.39, 0.29) is 23.0 Å². The van der Waals surface area contributed by atoms with Gasteiger partial charge in [-0.2, -0.15) is 0 Å². The molecular weight excluding hydrogens is 357 g/mol. The first-order valence-electron chi connectivity index (χ1n) is 6.43. The highest BCUT2D eigenvalue weighted by Gasteiger charge is 2.16. The lowest BCUT2D eigenvalue weighted by Gasteiger charge is -2.12. The summed E-state index contributed by atoms with van der Waals surface area (Å²) in [5, 5.41) is 3.00. The lowest BCUT2D eigenvalue weighted by Crippen LogP contribution is -2.09. The zero-order chi connectivity index (χ0) is 15.5. The van der Waals surface area contributed by atoms with Gasteiger partial charge in [-0.25, -0.2) is 12.8 Å². The Balaban J connectivity index is 2.25. The van der Waals surface area contributed by atoms with Gasteiger partial charge in [0.1, 0.15) is 5.82 Å². The Morgan fingerprint density at radius 1 is 1.19 bits per heavy atom. The van der Waals surface area contributed by atoms with Gasteiger partial charge < -0.3 is 5.32 Å². The molecule has 0 fully saturated rings. The second-order valence-corrected chi connectivity index (χ2v) is 7.65. The molecule has 0 heterocycles. The first-order valence-corrected chi connectivity index (χ1v) is 8.88. The van der Waals surface area contributed by atoms with E-state index in [2.05, 4.69) is 21.2 Å². The van der Waals surface area contributed by atoms with E-state index in [4.69, 9.17) is 0 Å². The van der Waals surface area contributed by atoms with Crippen LogP contribution in [0.15, 0.2) is 51.8 Å². The van der Waals surface area contributed by atoms with Crippen molar-refractivity contribution in [3.8, 4) is 0 Å². The number of hydrogen-bond acceptors (Lipinski definition) is 3. The molecule has 3 nitrogen and oxygen atoms in total. The fourth-order valence-electron chi connectivity index (χ4n) is 1.89. The Labute approximate surface area is 132 Å². The summed E-state index contributed by atoms with van der Waals surface area (Å²) in [5.74, 6) is -0.314. The second kappa shape index (κ2) is 6.58. The summed E-state index contributed by atoms with van der Waals surface area (Å²) < 4.78 is 38.5. The van der Waals surface area contributed by atoms with Crippen LogP contribution in [0, 0.1) is 5.82 Å². The van der Waals surface area contributed by atoms with Crippen LogP contribution in [0.2, 0.25) is 0 Å². The van der Waals surface area contributed by atoms with Gasteiger partial charge in [-0.3, -0.25) is 0 Å². The maximum absolute atomic E-state index is 13.8. The number of anilines is 1. The molecule has 21 heavy (non-hydrogen) atoms. The third kappa shape index (κ3) is 3.83. The van der Waals surface area contributed by atoms with E-state index in [9.17, 15) is 12.8 Å². The Morgan fingerprint density at radius 3 is 2.57 bits per heavy atom. The lowest BCUT2D eigenvalue weighted by atomic mass is 10.2. The molecular formula is C15H15BrFNO2S. The van der Waals surface area contributed by atoms with Gasteiger partial charge in [0.2, 0.25) is 0 Å². The molecule has 6 heteroatoms. The molecule has 1 N–H and O–H groups in total. The molecule has 2 rings (SSSR count). The predicted molar refractivity (Wildman–Crippen MR) is 85.6 cm³/mol. The van der Waals surface area contributed by atoms with Gasteiger partial charge in [0, 0.05) is 16.6 Å². The van der Waals surface area contributed by atoms with E-state index < -0.39 is 9.84 Å². The monoisotopic (exact) mass is 371 g/mol. The molecule has 0 atom stereocenters. The van der Waals surface area contributed by atoms with Crippen LogP contribution < -0.4 is 5.32 Å². The first-order chi connectivity index (χ1) is 9.94. The Hall–Kier alpha value is -1.40. The number of halogens is 2. The summed E-state index contributed by atoms with van der Waals surface area (Å²) in [7, 11) is -3.31. The molecule has 0 saturated carbocycles. The minimum Gasteiger partial charge on any atom is -0.380 e. The number of benzene rings is 2. The van der Waals surface area contributed by atoms with Crippen LogP contribution in [0.25, 0.3) is 0 Å². The molecule has 0 aliphatic heterocycles. The number of sulfone groups is 1. The van der Waals surface area contributed by atoms with Gasteiger partial charge in [-0.1, -0.05) is 41.1 Å². The molecule has 112 valence electrons. The van der Waals surface area contributed by atoms with Gasteiger partial charge in [0.25, 0.3) is 0 Å². The molecule has 0 saturated heterocycles. The fraction of sp³-hybridized carbons (Fsp3) is 0.200. The van der Waals surface area contributed by atoms with Gasteiger partial charge in [-0.15, -0.1) is 0 Å². The van der Waals surface area contributed by atoms with Gasteiger partial charge in [0.15, 0.2) is 9.84 Å². The normalized spacial score (nSPS) is 11.4. The molecule has 0 aliphatic carbocycles. The molecule has 0 bridgehead atoms. The van der Waals surface area contributed by atoms with Crippen LogP contribution in [0.5, 0.6) is 0 Å². The summed E-state index contributed by atoms with van der Waals surface area (Å²) >= 11 is 3.20. The van der Waals surface area contributed by atoms with Crippen molar-refractivity contribution in [2.75, 3.05) is 11.1 Å². The largest absolute Gasteiger partial charge is 0.380 e. The van der Waals surface area contributed by atoms with Crippen LogP contribution >= 0.6 is 15.9 Å². The van der Waals surface area contributed by atoms with Gasteiger partial charge in [-0.05, 0) is 24.3 Å². The van der Waals surface area contributed by atoms with Crippen LogP contribution in [0.1, 0.15) is 12.5 Å². The van der Waals surface area contributed by atoms with Gasteiger partial charge in [0.05, 0.1) is 16.3 Å². The van der Waals surface area contributed by atoms with Crippen molar-refractivity contribution >= 4 is 31.5 Å². The molecule has 0 unspecified atom stereocenters. The molecule has 0 aliphatic rings. The average Bonchev–Trinajstić information content (AvgIpc) is 2.46. The van der Waals surface area contributed by atoms with Crippen molar-refractivity contribution < 1.29 is 12.8 Å². The quantitative estimate of drug-likeness (QED) is 0.863. The van der Waals surface area contributed by atoms with Crippen molar-refractivity contribution in [1.29, 1.82) is 0 Å². The van der Waals surface area contributed by atoms with E-state index in [1.165, 1.54) is 6.07 Å². The standard InChI is InChI=1S/C15H15BrFNO2S/c1-2-21(19,20)15-6-4-3-5-14(15)18-10-11-7-8-12(16)9-13(11)17/h3-9,18H,2,10H2,1H3. The van der Waals surface area contributed by atoms with E-state index in [1.807, 2.05) is 0 Å². The molecule has 0 amide bonds. The summed E-state index contributed by atoms with van der Waals surface area (Å²) in [6.07, 6.45) is 0. The number of rotatable bonds is 5. The minimum atomic E-state index is -3.31. The zero-order valence-corrected chi connectivity index (χ0v) is 13.8. The van der Waals surface area contributed by atoms with Crippen molar-refractivity contribution in [2.24, 2.45) is 0 Å². The lowest BCUT2D eigenvalue weighted by molar-refractivity contribution is 0.597. The SMILES string of the molecule is CCS(=O)(=O)c1ccccc1NCc1ccc(Br)cc1F. The Morgan fingerprint density at radius 2 is 1.90 bits per heavy atom. The van der Waals surface area contributed by atoms with E-state index in [0.29, 0.717) is 15.7 Å². The summed E-state index contributed by atoms with van der Waals surface area (Å²) in [4.78, 5) is 0.241. The highest BCUT2D eigenvalue weighted by molar-refractivity contribution is 9.10. The van der Waals surface area contributed by atoms with Crippen molar-refractivity contribution in [3.05, 3.63) is 58.3 Å². The number of para-hydroxylation sites is 1. The van der Waals surface area contributed by atoms with E-state index in [0.717, 1.165) is 0 Å². The average molecular weight is 372 g/mol. The minimum absolute atomic E-state index is 0.0261. The Bertz CT molecular complexity index is 747. The maximum Gasteiger partial charge on any atom is 0.180 e. The third-order valence-corrected chi connectivity index (χ3v) is 5.37. The van der Waals surface area contributed by atoms with Gasteiger partial charge >= 0.3 is 0 Å². The molecule has 0 radical (unpaired) electrons. The molecule has 2 aromatic carbocycles. The van der Waals surface area contributed by atoms with Crippen LogP contribution in [-0.4, -0.2) is 14.2 Å².